The summed E-state index contributed by atoms with van der Waals surface area (Å²) in [4.78, 5) is 27.6. The largest absolute Gasteiger partial charge is 0.295 e. The molecule has 1 aliphatic heterocycles. The Morgan fingerprint density at radius 2 is 1.70 bits per heavy atom. The molecule has 1 amide bonds. The topological polar surface area (TPSA) is 47.2 Å². The minimum Gasteiger partial charge on any atom is -0.288 e. The van der Waals surface area contributed by atoms with E-state index in [4.69, 9.17) is 11.6 Å². The third-order valence-corrected chi connectivity index (χ3v) is 6.25. The first-order valence-corrected chi connectivity index (χ1v) is 9.95. The molecule has 0 unspecified atom stereocenters. The molecule has 1 aromatic heterocycles. The van der Waals surface area contributed by atoms with E-state index >= 15 is 0 Å². The highest BCUT2D eigenvalue weighted by molar-refractivity contribution is 8.00. The van der Waals surface area contributed by atoms with Gasteiger partial charge in [0.15, 0.2) is 0 Å². The number of carbonyl (C=O) groups excluding carboxylic acids is 1. The van der Waals surface area contributed by atoms with Gasteiger partial charge in [-0.15, -0.1) is 11.8 Å². The molecule has 7 heteroatoms. The molecule has 5 nitrogen and oxygen atoms in total. The van der Waals surface area contributed by atoms with Gasteiger partial charge in [0.25, 0.3) is 5.56 Å². The maximum Gasteiger partial charge on any atom is 0.295 e. The number of rotatable bonds is 3. The highest BCUT2D eigenvalue weighted by atomic mass is 35.5. The van der Waals surface area contributed by atoms with Gasteiger partial charge in [0.05, 0.1) is 17.1 Å². The summed E-state index contributed by atoms with van der Waals surface area (Å²) >= 11 is 7.52. The third kappa shape index (κ3) is 2.99. The Kier molecular flexibility index (Phi) is 4.61. The van der Waals surface area contributed by atoms with Crippen molar-refractivity contribution in [3.05, 3.63) is 81.2 Å². The fourth-order valence-electron chi connectivity index (χ4n) is 3.37. The zero-order chi connectivity index (χ0) is 19.1. The van der Waals surface area contributed by atoms with Gasteiger partial charge in [0.1, 0.15) is 11.1 Å². The molecule has 3 aromatic rings. The summed E-state index contributed by atoms with van der Waals surface area (Å²) in [5.41, 5.74) is 2.69. The second kappa shape index (κ2) is 6.94. The monoisotopic (exact) mass is 399 g/mol. The molecule has 2 heterocycles. The Hall–Kier alpha value is -2.44. The van der Waals surface area contributed by atoms with Crippen molar-refractivity contribution >= 4 is 35.0 Å². The van der Waals surface area contributed by atoms with Gasteiger partial charge < -0.3 is 0 Å². The van der Waals surface area contributed by atoms with Gasteiger partial charge in [0.2, 0.25) is 5.91 Å². The molecule has 1 saturated heterocycles. The Bertz CT molecular complexity index is 1060. The summed E-state index contributed by atoms with van der Waals surface area (Å²) in [5, 5.41) is 0.398. The number of halogens is 1. The molecule has 0 bridgehead atoms. The molecule has 1 fully saturated rings. The van der Waals surface area contributed by atoms with Crippen molar-refractivity contribution in [1.29, 1.82) is 0 Å². The molecule has 0 saturated carbocycles. The fourth-order valence-corrected chi connectivity index (χ4v) is 4.66. The van der Waals surface area contributed by atoms with E-state index < -0.39 is 0 Å². The van der Waals surface area contributed by atoms with Crippen LogP contribution in [0.1, 0.15) is 16.6 Å². The zero-order valence-electron chi connectivity index (χ0n) is 14.9. The lowest BCUT2D eigenvalue weighted by Crippen LogP contribution is -2.33. The number of nitrogens with zero attached hydrogens (tertiary/aromatic N) is 3. The van der Waals surface area contributed by atoms with Crippen molar-refractivity contribution in [2.75, 3.05) is 10.7 Å². The van der Waals surface area contributed by atoms with E-state index in [9.17, 15) is 9.59 Å². The van der Waals surface area contributed by atoms with E-state index in [1.165, 1.54) is 11.8 Å². The van der Waals surface area contributed by atoms with Gasteiger partial charge in [-0.3, -0.25) is 19.2 Å². The van der Waals surface area contributed by atoms with E-state index in [1.807, 2.05) is 56.4 Å². The molecule has 0 aliphatic carbocycles. The van der Waals surface area contributed by atoms with Crippen LogP contribution in [0.2, 0.25) is 5.02 Å². The molecule has 0 N–H and O–H groups in total. The van der Waals surface area contributed by atoms with Crippen LogP contribution in [-0.4, -0.2) is 21.0 Å². The molecule has 138 valence electrons. The van der Waals surface area contributed by atoms with Crippen LogP contribution in [0, 0.1) is 6.92 Å². The SMILES string of the molecule is Cc1c(N2C(=O)CS[C@@H]2c2ccc(Cl)cc2)c(=O)n(-c2ccccc2)n1C. The number of hydrogen-bond acceptors (Lipinski definition) is 3. The Balaban J connectivity index is 1.86. The number of anilines is 1. The molecular formula is C20H18ClN3O2S. The van der Waals surface area contributed by atoms with E-state index in [1.54, 1.807) is 26.4 Å². The maximum absolute atomic E-state index is 13.3. The maximum atomic E-state index is 13.3. The van der Waals surface area contributed by atoms with Crippen LogP contribution in [0.15, 0.2) is 59.4 Å². The lowest BCUT2D eigenvalue weighted by Gasteiger charge is -2.23. The highest BCUT2D eigenvalue weighted by Gasteiger charge is 2.38. The molecule has 2 aromatic carbocycles. The Morgan fingerprint density at radius 3 is 2.37 bits per heavy atom. The van der Waals surface area contributed by atoms with Gasteiger partial charge in [-0.05, 0) is 36.8 Å². The van der Waals surface area contributed by atoms with Gasteiger partial charge in [0, 0.05) is 12.1 Å². The second-order valence-electron chi connectivity index (χ2n) is 6.39. The zero-order valence-corrected chi connectivity index (χ0v) is 16.5. The summed E-state index contributed by atoms with van der Waals surface area (Å²) in [6, 6.07) is 16.8. The first-order valence-electron chi connectivity index (χ1n) is 8.52. The molecule has 0 radical (unpaired) electrons. The lowest BCUT2D eigenvalue weighted by atomic mass is 10.2. The van der Waals surface area contributed by atoms with Crippen LogP contribution < -0.4 is 10.5 Å². The van der Waals surface area contributed by atoms with Crippen LogP contribution in [0.25, 0.3) is 5.69 Å². The fraction of sp³-hybridized carbons (Fsp3) is 0.200. The minimum absolute atomic E-state index is 0.0639. The van der Waals surface area contributed by atoms with Gasteiger partial charge in [-0.1, -0.05) is 41.9 Å². The second-order valence-corrected chi connectivity index (χ2v) is 7.89. The number of benzene rings is 2. The normalized spacial score (nSPS) is 16.9. The molecule has 0 spiro atoms. The van der Waals surface area contributed by atoms with E-state index in [0.717, 1.165) is 16.9 Å². The average Bonchev–Trinajstić information content (AvgIpc) is 3.14. The van der Waals surface area contributed by atoms with Gasteiger partial charge in [-0.25, -0.2) is 4.68 Å². The van der Waals surface area contributed by atoms with Crippen LogP contribution >= 0.6 is 23.4 Å². The Labute approximate surface area is 166 Å². The number of hydrogen-bond donors (Lipinski definition) is 0. The quantitative estimate of drug-likeness (QED) is 0.670. The standard InChI is InChI=1S/C20H18ClN3O2S/c1-13-18(19(26)24(22(13)2)16-6-4-3-5-7-16)23-17(25)12-27-20(23)14-8-10-15(21)11-9-14/h3-11,20H,12H2,1-2H3/t20-/m1/s1. The van der Waals surface area contributed by atoms with Crippen molar-refractivity contribution in [2.24, 2.45) is 7.05 Å². The summed E-state index contributed by atoms with van der Waals surface area (Å²) in [5.74, 6) is 0.276. The first-order chi connectivity index (χ1) is 13.0. The molecule has 1 aliphatic rings. The number of para-hydroxylation sites is 1. The van der Waals surface area contributed by atoms with Gasteiger partial charge in [-0.2, -0.15) is 0 Å². The van der Waals surface area contributed by atoms with Crippen molar-refractivity contribution in [3.8, 4) is 5.69 Å². The summed E-state index contributed by atoms with van der Waals surface area (Å²) in [7, 11) is 1.83. The number of thioether (sulfide) groups is 1. The number of carbonyl (C=O) groups is 1. The molecule has 4 rings (SSSR count). The van der Waals surface area contributed by atoms with Crippen LogP contribution in [-0.2, 0) is 11.8 Å². The summed E-state index contributed by atoms with van der Waals surface area (Å²) in [6.07, 6.45) is 0. The Morgan fingerprint density at radius 1 is 1.04 bits per heavy atom. The molecule has 27 heavy (non-hydrogen) atoms. The molecular weight excluding hydrogens is 382 g/mol. The van der Waals surface area contributed by atoms with Crippen molar-refractivity contribution < 1.29 is 4.79 Å². The van der Waals surface area contributed by atoms with E-state index in [0.29, 0.717) is 16.5 Å². The predicted molar refractivity (Wildman–Crippen MR) is 110 cm³/mol. The average molecular weight is 400 g/mol. The van der Waals surface area contributed by atoms with Crippen molar-refractivity contribution in [1.82, 2.24) is 9.36 Å². The van der Waals surface area contributed by atoms with Crippen molar-refractivity contribution in [2.45, 2.75) is 12.3 Å². The van der Waals surface area contributed by atoms with Crippen LogP contribution in [0.3, 0.4) is 0 Å². The summed E-state index contributed by atoms with van der Waals surface area (Å²) < 4.78 is 3.39. The summed E-state index contributed by atoms with van der Waals surface area (Å²) in [6.45, 7) is 1.87. The number of aromatic nitrogens is 2. The van der Waals surface area contributed by atoms with Gasteiger partial charge >= 0.3 is 0 Å². The minimum atomic E-state index is -0.243. The third-order valence-electron chi connectivity index (χ3n) is 4.79. The van der Waals surface area contributed by atoms with Crippen molar-refractivity contribution in [3.63, 3.8) is 0 Å². The van der Waals surface area contributed by atoms with Crippen LogP contribution in [0.5, 0.6) is 0 Å². The first kappa shape index (κ1) is 17.9. The number of amides is 1. The van der Waals surface area contributed by atoms with E-state index in [2.05, 4.69) is 0 Å². The highest BCUT2D eigenvalue weighted by Crippen LogP contribution is 2.42. The smallest absolute Gasteiger partial charge is 0.288 e. The van der Waals surface area contributed by atoms with E-state index in [-0.39, 0.29) is 16.8 Å². The molecule has 1 atom stereocenters. The predicted octanol–water partition coefficient (Wildman–Crippen LogP) is 3.92. The lowest BCUT2D eigenvalue weighted by molar-refractivity contribution is -0.115. The van der Waals surface area contributed by atoms with Crippen LogP contribution in [0.4, 0.5) is 5.69 Å².